The Labute approximate surface area is 117 Å². The van der Waals surface area contributed by atoms with Gasteiger partial charge in [-0.15, -0.1) is 0 Å². The van der Waals surface area contributed by atoms with E-state index in [0.717, 1.165) is 5.56 Å². The van der Waals surface area contributed by atoms with Crippen LogP contribution in [0.5, 0.6) is 0 Å². The van der Waals surface area contributed by atoms with Crippen molar-refractivity contribution in [2.45, 2.75) is 12.8 Å². The van der Waals surface area contributed by atoms with Gasteiger partial charge >= 0.3 is 0 Å². The molecule has 20 heavy (non-hydrogen) atoms. The molecule has 3 rings (SSSR count). The predicted octanol–water partition coefficient (Wildman–Crippen LogP) is 2.20. The number of anilines is 1. The van der Waals surface area contributed by atoms with E-state index >= 15 is 0 Å². The van der Waals surface area contributed by atoms with Crippen LogP contribution < -0.4 is 4.90 Å². The van der Waals surface area contributed by atoms with Crippen LogP contribution in [-0.4, -0.2) is 16.8 Å². The second-order valence-electron chi connectivity index (χ2n) is 4.85. The van der Waals surface area contributed by atoms with E-state index in [1.54, 1.807) is 24.4 Å². The second-order valence-corrected chi connectivity index (χ2v) is 4.85. The van der Waals surface area contributed by atoms with Gasteiger partial charge < -0.3 is 0 Å². The fourth-order valence-electron chi connectivity index (χ4n) is 2.48. The summed E-state index contributed by atoms with van der Waals surface area (Å²) in [5.41, 5.74) is 1.07. The minimum atomic E-state index is -0.285. The van der Waals surface area contributed by atoms with Crippen LogP contribution in [0.3, 0.4) is 0 Å². The molecule has 0 unspecified atom stereocenters. The van der Waals surface area contributed by atoms with Gasteiger partial charge in [-0.1, -0.05) is 36.4 Å². The fraction of sp³-hybridized carbons (Fsp3) is 0.188. The highest BCUT2D eigenvalue weighted by molar-refractivity contribution is 6.20. The summed E-state index contributed by atoms with van der Waals surface area (Å²) in [4.78, 5) is 29.7. The molecule has 4 heteroatoms. The summed E-state index contributed by atoms with van der Waals surface area (Å²) < 4.78 is 0. The van der Waals surface area contributed by atoms with Crippen molar-refractivity contribution >= 4 is 17.6 Å². The fourth-order valence-corrected chi connectivity index (χ4v) is 2.48. The lowest BCUT2D eigenvalue weighted by atomic mass is 9.98. The minimum absolute atomic E-state index is 0.155. The summed E-state index contributed by atoms with van der Waals surface area (Å²) in [7, 11) is 0. The molecule has 100 valence electrons. The Morgan fingerprint density at radius 1 is 1.05 bits per heavy atom. The number of rotatable bonds is 3. The number of aromatic nitrogens is 1. The van der Waals surface area contributed by atoms with E-state index in [4.69, 9.17) is 0 Å². The number of hydrogen-bond donors (Lipinski definition) is 0. The molecule has 0 N–H and O–H groups in total. The van der Waals surface area contributed by atoms with Crippen LogP contribution in [0, 0.1) is 5.92 Å². The highest BCUT2D eigenvalue weighted by Crippen LogP contribution is 2.27. The van der Waals surface area contributed by atoms with Gasteiger partial charge in [0.1, 0.15) is 5.82 Å². The Morgan fingerprint density at radius 2 is 1.80 bits per heavy atom. The van der Waals surface area contributed by atoms with Crippen molar-refractivity contribution in [1.29, 1.82) is 0 Å². The third-order valence-corrected chi connectivity index (χ3v) is 3.44. The summed E-state index contributed by atoms with van der Waals surface area (Å²) >= 11 is 0. The third-order valence-electron chi connectivity index (χ3n) is 3.44. The quantitative estimate of drug-likeness (QED) is 0.800. The maximum Gasteiger partial charge on any atom is 0.238 e. The predicted molar refractivity (Wildman–Crippen MR) is 75.0 cm³/mol. The Bertz CT molecular complexity index is 625. The molecule has 0 saturated carbocycles. The van der Waals surface area contributed by atoms with Crippen molar-refractivity contribution < 1.29 is 9.59 Å². The van der Waals surface area contributed by atoms with E-state index in [0.29, 0.717) is 12.2 Å². The highest BCUT2D eigenvalue weighted by atomic mass is 16.2. The summed E-state index contributed by atoms with van der Waals surface area (Å²) in [5.74, 6) is -0.197. The number of amides is 2. The first-order valence-corrected chi connectivity index (χ1v) is 6.57. The SMILES string of the molecule is O=C1C[C@@H](Cc2ccccc2)C(=O)N1c1ccccn1. The van der Waals surface area contributed by atoms with Gasteiger partial charge in [-0.25, -0.2) is 9.88 Å². The number of carbonyl (C=O) groups excluding carboxylic acids is 2. The summed E-state index contributed by atoms with van der Waals surface area (Å²) in [6, 6.07) is 15.0. The highest BCUT2D eigenvalue weighted by Gasteiger charge is 2.39. The number of benzene rings is 1. The Morgan fingerprint density at radius 3 is 2.50 bits per heavy atom. The van der Waals surface area contributed by atoms with Gasteiger partial charge in [0, 0.05) is 12.6 Å². The van der Waals surface area contributed by atoms with E-state index in [-0.39, 0.29) is 24.2 Å². The number of carbonyl (C=O) groups is 2. The molecule has 1 aromatic heterocycles. The molecule has 1 atom stereocenters. The Kier molecular flexibility index (Phi) is 3.29. The molecule has 0 bridgehead atoms. The molecule has 1 fully saturated rings. The topological polar surface area (TPSA) is 50.3 Å². The number of pyridine rings is 1. The third kappa shape index (κ3) is 2.32. The summed E-state index contributed by atoms with van der Waals surface area (Å²) in [5, 5.41) is 0. The average Bonchev–Trinajstić information content (AvgIpc) is 2.75. The zero-order valence-electron chi connectivity index (χ0n) is 10.9. The van der Waals surface area contributed by atoms with E-state index in [1.807, 2.05) is 30.3 Å². The zero-order valence-corrected chi connectivity index (χ0v) is 10.9. The Balaban J connectivity index is 1.81. The largest absolute Gasteiger partial charge is 0.274 e. The van der Waals surface area contributed by atoms with Crippen LogP contribution in [0.1, 0.15) is 12.0 Å². The van der Waals surface area contributed by atoms with Crippen LogP contribution in [0.15, 0.2) is 54.7 Å². The van der Waals surface area contributed by atoms with Crippen LogP contribution in [0.4, 0.5) is 5.82 Å². The molecule has 0 radical (unpaired) electrons. The average molecular weight is 266 g/mol. The monoisotopic (exact) mass is 266 g/mol. The molecule has 1 aliphatic rings. The second kappa shape index (κ2) is 5.25. The van der Waals surface area contributed by atoms with E-state index in [2.05, 4.69) is 4.98 Å². The molecule has 4 nitrogen and oxygen atoms in total. The molecule has 1 saturated heterocycles. The lowest BCUT2D eigenvalue weighted by Crippen LogP contribution is -2.31. The van der Waals surface area contributed by atoms with Gasteiger partial charge in [0.25, 0.3) is 0 Å². The maximum absolute atomic E-state index is 12.4. The summed E-state index contributed by atoms with van der Waals surface area (Å²) in [6.07, 6.45) is 2.43. The Hall–Kier alpha value is -2.49. The number of imide groups is 1. The minimum Gasteiger partial charge on any atom is -0.274 e. The molecule has 1 aliphatic heterocycles. The summed E-state index contributed by atoms with van der Waals surface area (Å²) in [6.45, 7) is 0. The van der Waals surface area contributed by atoms with Crippen molar-refractivity contribution in [2.24, 2.45) is 5.92 Å². The van der Waals surface area contributed by atoms with Crippen molar-refractivity contribution in [3.8, 4) is 0 Å². The molecular weight excluding hydrogens is 252 g/mol. The van der Waals surface area contributed by atoms with Gasteiger partial charge in [0.15, 0.2) is 0 Å². The van der Waals surface area contributed by atoms with E-state index in [9.17, 15) is 9.59 Å². The van der Waals surface area contributed by atoms with Crippen molar-refractivity contribution in [3.05, 3.63) is 60.3 Å². The molecule has 2 aromatic rings. The lowest BCUT2D eigenvalue weighted by Gasteiger charge is -2.13. The maximum atomic E-state index is 12.4. The van der Waals surface area contributed by atoms with Crippen molar-refractivity contribution in [2.75, 3.05) is 4.90 Å². The smallest absolute Gasteiger partial charge is 0.238 e. The van der Waals surface area contributed by atoms with E-state index in [1.165, 1.54) is 4.90 Å². The van der Waals surface area contributed by atoms with Gasteiger partial charge in [-0.3, -0.25) is 9.59 Å². The van der Waals surface area contributed by atoms with Crippen LogP contribution in [0.25, 0.3) is 0 Å². The lowest BCUT2D eigenvalue weighted by molar-refractivity contribution is -0.122. The molecule has 0 spiro atoms. The zero-order chi connectivity index (χ0) is 13.9. The number of hydrogen-bond acceptors (Lipinski definition) is 3. The van der Waals surface area contributed by atoms with Gasteiger partial charge in [-0.2, -0.15) is 0 Å². The molecule has 2 heterocycles. The van der Waals surface area contributed by atoms with Gasteiger partial charge in [0.2, 0.25) is 11.8 Å². The molecule has 0 aliphatic carbocycles. The molecular formula is C16H14N2O2. The molecule has 1 aromatic carbocycles. The van der Waals surface area contributed by atoms with Crippen LogP contribution in [-0.2, 0) is 16.0 Å². The molecule has 2 amide bonds. The van der Waals surface area contributed by atoms with Crippen molar-refractivity contribution in [3.63, 3.8) is 0 Å². The van der Waals surface area contributed by atoms with Crippen LogP contribution >= 0.6 is 0 Å². The first-order valence-electron chi connectivity index (χ1n) is 6.57. The first kappa shape index (κ1) is 12.5. The van der Waals surface area contributed by atoms with Crippen molar-refractivity contribution in [1.82, 2.24) is 4.98 Å². The normalized spacial score (nSPS) is 18.6. The number of nitrogens with zero attached hydrogens (tertiary/aromatic N) is 2. The van der Waals surface area contributed by atoms with Gasteiger partial charge in [0.05, 0.1) is 5.92 Å². The first-order chi connectivity index (χ1) is 9.75. The standard InChI is InChI=1S/C16H14N2O2/c19-15-11-13(10-12-6-2-1-3-7-12)16(20)18(15)14-8-4-5-9-17-14/h1-9,13H,10-11H2/t13-/m1/s1. The van der Waals surface area contributed by atoms with Gasteiger partial charge in [-0.05, 0) is 24.1 Å². The van der Waals surface area contributed by atoms with E-state index < -0.39 is 0 Å². The van der Waals surface area contributed by atoms with Crippen LogP contribution in [0.2, 0.25) is 0 Å².